The summed E-state index contributed by atoms with van der Waals surface area (Å²) < 4.78 is 6.01. The molecule has 2 aromatic carbocycles. The van der Waals surface area contributed by atoms with Crippen molar-refractivity contribution in [2.24, 2.45) is 0 Å². The molecule has 2 aliphatic heterocycles. The first-order valence-electron chi connectivity index (χ1n) is 13.1. The lowest BCUT2D eigenvalue weighted by Gasteiger charge is -2.51. The molecule has 1 aliphatic carbocycles. The molecule has 5 nitrogen and oxygen atoms in total. The Hall–Kier alpha value is -2.37. The van der Waals surface area contributed by atoms with Crippen LogP contribution in [0.5, 0.6) is 0 Å². The Morgan fingerprint density at radius 3 is 2.12 bits per heavy atom. The Labute approximate surface area is 203 Å². The van der Waals surface area contributed by atoms with E-state index in [0.29, 0.717) is 19.4 Å². The van der Waals surface area contributed by atoms with Gasteiger partial charge in [0.05, 0.1) is 5.60 Å². The Morgan fingerprint density at radius 1 is 1.00 bits per heavy atom. The van der Waals surface area contributed by atoms with E-state index in [1.807, 2.05) is 4.90 Å². The fraction of sp³-hybridized carbons (Fsp3) is 0.552. The summed E-state index contributed by atoms with van der Waals surface area (Å²) in [5.41, 5.74) is 4.28. The fourth-order valence-electron chi connectivity index (χ4n) is 6.60. The molecule has 2 aromatic rings. The van der Waals surface area contributed by atoms with Crippen molar-refractivity contribution in [3.05, 3.63) is 59.7 Å². The maximum absolute atomic E-state index is 13.4. The summed E-state index contributed by atoms with van der Waals surface area (Å²) in [6, 6.07) is 17.0. The highest BCUT2D eigenvalue weighted by Gasteiger charge is 2.48. The maximum Gasteiger partial charge on any atom is 0.410 e. The molecule has 1 amide bonds. The summed E-state index contributed by atoms with van der Waals surface area (Å²) >= 11 is 0. The lowest BCUT2D eigenvalue weighted by Crippen LogP contribution is -2.60. The summed E-state index contributed by atoms with van der Waals surface area (Å²) in [6.07, 6.45) is 4.92. The number of benzene rings is 2. The molecule has 0 saturated carbocycles. The van der Waals surface area contributed by atoms with E-state index in [9.17, 15) is 9.90 Å². The third kappa shape index (κ3) is 4.36. The minimum Gasteiger partial charge on any atom is -0.448 e. The van der Waals surface area contributed by atoms with Crippen LogP contribution < -0.4 is 0 Å². The second-order valence-corrected chi connectivity index (χ2v) is 10.4. The zero-order chi connectivity index (χ0) is 23.7. The van der Waals surface area contributed by atoms with Crippen LogP contribution in [0.25, 0.3) is 11.1 Å². The molecule has 182 valence electrons. The highest BCUT2D eigenvalue weighted by molar-refractivity contribution is 5.79. The van der Waals surface area contributed by atoms with E-state index in [2.05, 4.69) is 67.3 Å². The van der Waals surface area contributed by atoms with Gasteiger partial charge in [0, 0.05) is 24.5 Å². The van der Waals surface area contributed by atoms with Crippen molar-refractivity contribution in [3.63, 3.8) is 0 Å². The molecule has 0 radical (unpaired) electrons. The van der Waals surface area contributed by atoms with Gasteiger partial charge < -0.3 is 19.6 Å². The quantitative estimate of drug-likeness (QED) is 0.597. The highest BCUT2D eigenvalue weighted by atomic mass is 16.6. The van der Waals surface area contributed by atoms with Gasteiger partial charge in [0.2, 0.25) is 0 Å². The highest BCUT2D eigenvalue weighted by Crippen LogP contribution is 2.45. The fourth-order valence-corrected chi connectivity index (χ4v) is 6.60. The van der Waals surface area contributed by atoms with Crippen LogP contribution in [0.4, 0.5) is 4.79 Å². The molecule has 2 heterocycles. The van der Waals surface area contributed by atoms with E-state index < -0.39 is 5.60 Å². The van der Waals surface area contributed by atoms with E-state index in [-0.39, 0.29) is 24.1 Å². The number of fused-ring (bicyclic) bond motifs is 5. The van der Waals surface area contributed by atoms with Crippen LogP contribution in [0.15, 0.2) is 48.5 Å². The predicted octanol–water partition coefficient (Wildman–Crippen LogP) is 5.42. The molecule has 0 aromatic heterocycles. The molecule has 3 aliphatic rings. The van der Waals surface area contributed by atoms with Crippen LogP contribution >= 0.6 is 0 Å². The van der Waals surface area contributed by atoms with Crippen molar-refractivity contribution in [1.29, 1.82) is 0 Å². The molecule has 2 fully saturated rings. The number of amides is 1. The van der Waals surface area contributed by atoms with Crippen LogP contribution in [0, 0.1) is 0 Å². The lowest BCUT2D eigenvalue weighted by atomic mass is 9.74. The maximum atomic E-state index is 13.4. The minimum absolute atomic E-state index is 0.0739. The van der Waals surface area contributed by atoms with Crippen LogP contribution in [0.2, 0.25) is 0 Å². The standard InChI is InChI=1S/C29H38N2O3/c1-3-30(4-2)17-16-29(33)18-21-10-9-11-22(19-29)31(21)28(32)34-20-27-25-14-7-5-12-23(25)24-13-6-8-15-26(24)27/h5-8,12-15,21-22,27,33H,3-4,9-11,16-20H2,1-2H3. The lowest BCUT2D eigenvalue weighted by molar-refractivity contribution is -0.0911. The normalized spacial score (nSPS) is 25.8. The molecule has 2 unspecified atom stereocenters. The molecular formula is C29H38N2O3. The molecule has 2 saturated heterocycles. The number of aliphatic hydroxyl groups is 1. The molecule has 5 heteroatoms. The van der Waals surface area contributed by atoms with Gasteiger partial charge in [0.15, 0.2) is 0 Å². The molecule has 0 spiro atoms. The van der Waals surface area contributed by atoms with Crippen molar-refractivity contribution >= 4 is 6.09 Å². The van der Waals surface area contributed by atoms with Gasteiger partial charge in [0.1, 0.15) is 6.61 Å². The number of ether oxygens (including phenoxy) is 1. The molecular weight excluding hydrogens is 424 g/mol. The van der Waals surface area contributed by atoms with Crippen LogP contribution in [-0.2, 0) is 4.74 Å². The summed E-state index contributed by atoms with van der Waals surface area (Å²) in [4.78, 5) is 17.7. The summed E-state index contributed by atoms with van der Waals surface area (Å²) in [7, 11) is 0. The summed E-state index contributed by atoms with van der Waals surface area (Å²) in [6.45, 7) is 7.61. The van der Waals surface area contributed by atoms with Crippen molar-refractivity contribution in [2.75, 3.05) is 26.2 Å². The van der Waals surface area contributed by atoms with Crippen molar-refractivity contribution in [1.82, 2.24) is 9.80 Å². The van der Waals surface area contributed by atoms with Gasteiger partial charge >= 0.3 is 6.09 Å². The summed E-state index contributed by atoms with van der Waals surface area (Å²) in [5, 5.41) is 11.4. The van der Waals surface area contributed by atoms with Crippen molar-refractivity contribution in [3.8, 4) is 11.1 Å². The van der Waals surface area contributed by atoms with E-state index in [0.717, 1.165) is 45.3 Å². The second kappa shape index (κ2) is 9.71. The molecule has 34 heavy (non-hydrogen) atoms. The zero-order valence-corrected chi connectivity index (χ0v) is 20.6. The van der Waals surface area contributed by atoms with Gasteiger partial charge in [-0.15, -0.1) is 0 Å². The first-order valence-corrected chi connectivity index (χ1v) is 13.1. The molecule has 2 atom stereocenters. The number of rotatable bonds is 7. The Kier molecular flexibility index (Phi) is 6.67. The number of carbonyl (C=O) groups is 1. The first-order chi connectivity index (χ1) is 16.5. The zero-order valence-electron chi connectivity index (χ0n) is 20.6. The second-order valence-electron chi connectivity index (χ2n) is 10.4. The van der Waals surface area contributed by atoms with Gasteiger partial charge in [-0.25, -0.2) is 4.79 Å². The summed E-state index contributed by atoms with van der Waals surface area (Å²) in [5.74, 6) is 0.0759. The monoisotopic (exact) mass is 462 g/mol. The van der Waals surface area contributed by atoms with E-state index in [1.54, 1.807) is 0 Å². The number of carbonyl (C=O) groups excluding carboxylic acids is 1. The van der Waals surface area contributed by atoms with Crippen LogP contribution in [0.3, 0.4) is 0 Å². The third-order valence-electron chi connectivity index (χ3n) is 8.43. The number of hydrogen-bond donors (Lipinski definition) is 1. The van der Waals surface area contributed by atoms with Gasteiger partial charge in [-0.3, -0.25) is 0 Å². The van der Waals surface area contributed by atoms with Gasteiger partial charge in [-0.1, -0.05) is 62.4 Å². The molecule has 5 rings (SSSR count). The smallest absolute Gasteiger partial charge is 0.410 e. The van der Waals surface area contributed by atoms with E-state index >= 15 is 0 Å². The topological polar surface area (TPSA) is 53.0 Å². The predicted molar refractivity (Wildman–Crippen MR) is 135 cm³/mol. The number of hydrogen-bond acceptors (Lipinski definition) is 4. The van der Waals surface area contributed by atoms with E-state index in [1.165, 1.54) is 22.3 Å². The Bertz CT molecular complexity index is 958. The Balaban J connectivity index is 1.26. The molecule has 1 N–H and O–H groups in total. The largest absolute Gasteiger partial charge is 0.448 e. The first kappa shape index (κ1) is 23.4. The van der Waals surface area contributed by atoms with Crippen molar-refractivity contribution in [2.45, 2.75) is 76.0 Å². The molecule has 2 bridgehead atoms. The van der Waals surface area contributed by atoms with Gasteiger partial charge in [0.25, 0.3) is 0 Å². The van der Waals surface area contributed by atoms with Gasteiger partial charge in [-0.2, -0.15) is 0 Å². The van der Waals surface area contributed by atoms with Crippen molar-refractivity contribution < 1.29 is 14.6 Å². The average molecular weight is 463 g/mol. The Morgan fingerprint density at radius 2 is 1.56 bits per heavy atom. The number of piperidine rings is 2. The minimum atomic E-state index is -0.682. The number of nitrogens with zero attached hydrogens (tertiary/aromatic N) is 2. The van der Waals surface area contributed by atoms with Crippen LogP contribution in [0.1, 0.15) is 69.4 Å². The van der Waals surface area contributed by atoms with Crippen LogP contribution in [-0.4, -0.2) is 64.9 Å². The average Bonchev–Trinajstić information content (AvgIpc) is 3.16. The third-order valence-corrected chi connectivity index (χ3v) is 8.43. The van der Waals surface area contributed by atoms with E-state index in [4.69, 9.17) is 4.74 Å². The SMILES string of the molecule is CCN(CC)CCC1(O)CC2CCCC(C1)N2C(=O)OCC1c2ccccc2-c2ccccc21. The van der Waals surface area contributed by atoms with Gasteiger partial charge in [-0.05, 0) is 73.9 Å².